The van der Waals surface area contributed by atoms with Crippen LogP contribution in [0.3, 0.4) is 0 Å². The molecule has 2 N–H and O–H groups in total. The molecule has 0 saturated heterocycles. The van der Waals surface area contributed by atoms with E-state index in [2.05, 4.69) is 10.6 Å². The van der Waals surface area contributed by atoms with E-state index in [-0.39, 0.29) is 28.9 Å². The molecule has 8 nitrogen and oxygen atoms in total. The zero-order valence-corrected chi connectivity index (χ0v) is 17.4. The molecule has 0 rings (SSSR count). The van der Waals surface area contributed by atoms with Crippen molar-refractivity contribution < 1.29 is 46.5 Å². The van der Waals surface area contributed by atoms with E-state index in [1.807, 2.05) is 12.5 Å². The number of hydrogen-bond donors (Lipinski definition) is 2. The first kappa shape index (κ1) is 28.9. The number of nitrogens with one attached hydrogen (secondary N) is 2. The summed E-state index contributed by atoms with van der Waals surface area (Å²) in [5.41, 5.74) is 0. The van der Waals surface area contributed by atoms with Crippen molar-refractivity contribution in [1.82, 2.24) is 10.6 Å². The number of amides is 2. The molecule has 0 aliphatic heterocycles. The van der Waals surface area contributed by atoms with Crippen LogP contribution >= 0.6 is 23.5 Å². The maximum absolute atomic E-state index is 10.5. The maximum Gasteiger partial charge on any atom is 2.00 e. The molecule has 2 unspecified atom stereocenters. The molecule has 0 aliphatic rings. The van der Waals surface area contributed by atoms with E-state index in [1.165, 1.54) is 37.4 Å². The van der Waals surface area contributed by atoms with Gasteiger partial charge in [-0.2, -0.15) is 23.5 Å². The van der Waals surface area contributed by atoms with Gasteiger partial charge in [-0.3, -0.25) is 9.59 Å². The first-order chi connectivity index (χ1) is 11.1. The van der Waals surface area contributed by atoms with Crippen LogP contribution in [0, 0.1) is 0 Å². The van der Waals surface area contributed by atoms with E-state index in [1.54, 1.807) is 0 Å². The molecule has 145 valence electrons. The van der Waals surface area contributed by atoms with Gasteiger partial charge in [-0.05, 0) is 36.9 Å². The monoisotopic (exact) mass is 435 g/mol. The molecule has 0 aromatic rings. The Kier molecular flexibility index (Phi) is 20.7. The minimum Gasteiger partial charge on any atom is -0.548 e. The van der Waals surface area contributed by atoms with E-state index in [9.17, 15) is 29.4 Å². The zero-order chi connectivity index (χ0) is 19.1. The number of carbonyl (C=O) groups excluding carboxylic acids is 4. The van der Waals surface area contributed by atoms with E-state index < -0.39 is 24.0 Å². The van der Waals surface area contributed by atoms with Gasteiger partial charge in [-0.15, -0.1) is 0 Å². The summed E-state index contributed by atoms with van der Waals surface area (Å²) in [7, 11) is 0. The second kappa shape index (κ2) is 17.9. The van der Waals surface area contributed by atoms with Gasteiger partial charge in [0.2, 0.25) is 11.8 Å². The summed E-state index contributed by atoms with van der Waals surface area (Å²) in [6, 6.07) is -1.70. The van der Waals surface area contributed by atoms with Gasteiger partial charge < -0.3 is 30.4 Å². The number of carboxylic acids is 2. The van der Waals surface area contributed by atoms with E-state index >= 15 is 0 Å². The SMILES string of the molecule is CSCCC(NC(C)=O)C(=O)[O-].CSCCC(NC(C)=O)C(=O)[O-].[Mn+2]. The average Bonchev–Trinajstić information content (AvgIpc) is 2.47. The van der Waals surface area contributed by atoms with Crippen LogP contribution in [0.15, 0.2) is 0 Å². The van der Waals surface area contributed by atoms with Crippen molar-refractivity contribution in [3.8, 4) is 0 Å². The largest absolute Gasteiger partial charge is 2.00 e. The number of thioether (sulfide) groups is 2. The zero-order valence-electron chi connectivity index (χ0n) is 14.6. The third kappa shape index (κ3) is 19.3. The molecule has 0 spiro atoms. The summed E-state index contributed by atoms with van der Waals surface area (Å²) < 4.78 is 0. The molecule has 0 aromatic carbocycles. The molecule has 0 bridgehead atoms. The van der Waals surface area contributed by atoms with Gasteiger partial charge in [0.25, 0.3) is 0 Å². The van der Waals surface area contributed by atoms with Gasteiger partial charge in [0.05, 0.1) is 24.0 Å². The van der Waals surface area contributed by atoms with Gasteiger partial charge in [0.1, 0.15) is 0 Å². The van der Waals surface area contributed by atoms with Crippen molar-refractivity contribution in [3.05, 3.63) is 0 Å². The molecule has 0 saturated carbocycles. The molecule has 0 fully saturated rings. The molecule has 11 heteroatoms. The van der Waals surface area contributed by atoms with Crippen molar-refractivity contribution >= 4 is 47.3 Å². The standard InChI is InChI=1S/2C7H13NO3S.Mn/c2*1-5(9)8-6(7(10)11)3-4-12-2;/h2*6H,3-4H2,1-2H3,(H,8,9)(H,10,11);/q;;+2/p-2. The Hall–Kier alpha value is -0.901. The predicted molar refractivity (Wildman–Crippen MR) is 91.2 cm³/mol. The fourth-order valence-electron chi connectivity index (χ4n) is 1.46. The molecule has 1 radical (unpaired) electrons. The molecular weight excluding hydrogens is 411 g/mol. The van der Waals surface area contributed by atoms with E-state index in [0.29, 0.717) is 24.3 Å². The summed E-state index contributed by atoms with van der Waals surface area (Å²) in [4.78, 5) is 41.8. The molecule has 0 aromatic heterocycles. The number of carbonyl (C=O) groups is 4. The molecule has 25 heavy (non-hydrogen) atoms. The predicted octanol–water partition coefficient (Wildman–Crippen LogP) is -2.01. The van der Waals surface area contributed by atoms with Crippen LogP contribution in [0.1, 0.15) is 26.7 Å². The van der Waals surface area contributed by atoms with Crippen LogP contribution < -0.4 is 20.8 Å². The summed E-state index contributed by atoms with van der Waals surface area (Å²) >= 11 is 3.06. The topological polar surface area (TPSA) is 138 Å². The van der Waals surface area contributed by atoms with Crippen molar-refractivity contribution in [1.29, 1.82) is 0 Å². The Labute approximate surface area is 167 Å². The van der Waals surface area contributed by atoms with Crippen molar-refractivity contribution in [3.63, 3.8) is 0 Å². The second-order valence-electron chi connectivity index (χ2n) is 4.71. The van der Waals surface area contributed by atoms with Crippen molar-refractivity contribution in [2.24, 2.45) is 0 Å². The molecule has 2 atom stereocenters. The second-order valence-corrected chi connectivity index (χ2v) is 6.68. The summed E-state index contributed by atoms with van der Waals surface area (Å²) in [6.45, 7) is 2.57. The Bertz CT molecular complexity index is 388. The van der Waals surface area contributed by atoms with E-state index in [4.69, 9.17) is 0 Å². The number of carboxylic acid groups (broad SMARTS) is 2. The van der Waals surface area contributed by atoms with Crippen LogP contribution in [0.25, 0.3) is 0 Å². The Balaban J connectivity index is -0.000000372. The third-order valence-corrected chi connectivity index (χ3v) is 3.83. The normalized spacial score (nSPS) is 11.7. The summed E-state index contributed by atoms with van der Waals surface area (Å²) in [5.74, 6) is -1.74. The number of aliphatic carboxylic acids is 2. The smallest absolute Gasteiger partial charge is 0.548 e. The quantitative estimate of drug-likeness (QED) is 0.375. The van der Waals surface area contributed by atoms with Gasteiger partial charge in [-0.25, -0.2) is 0 Å². The number of rotatable bonds is 10. The molecule has 0 aliphatic carbocycles. The third-order valence-electron chi connectivity index (χ3n) is 2.55. The van der Waals surface area contributed by atoms with Gasteiger partial charge in [0.15, 0.2) is 0 Å². The first-order valence-electron chi connectivity index (χ1n) is 7.09. The minimum absolute atomic E-state index is 0. The van der Waals surface area contributed by atoms with Gasteiger partial charge in [0, 0.05) is 13.8 Å². The van der Waals surface area contributed by atoms with Gasteiger partial charge >= 0.3 is 17.1 Å². The molecule has 0 heterocycles. The van der Waals surface area contributed by atoms with Crippen LogP contribution in [0.4, 0.5) is 0 Å². The fraction of sp³-hybridized carbons (Fsp3) is 0.714. The molecular formula is C14H24MnN2O6S2. The van der Waals surface area contributed by atoms with Gasteiger partial charge in [-0.1, -0.05) is 0 Å². The van der Waals surface area contributed by atoms with Crippen molar-refractivity contribution in [2.45, 2.75) is 38.8 Å². The van der Waals surface area contributed by atoms with E-state index in [0.717, 1.165) is 0 Å². The average molecular weight is 435 g/mol. The van der Waals surface area contributed by atoms with Crippen LogP contribution in [-0.4, -0.2) is 59.9 Å². The summed E-state index contributed by atoms with van der Waals surface area (Å²) in [5, 5.41) is 25.4. The Morgan fingerprint density at radius 2 is 1.08 bits per heavy atom. The minimum atomic E-state index is -1.22. The Morgan fingerprint density at radius 1 is 0.800 bits per heavy atom. The maximum atomic E-state index is 10.5. The van der Waals surface area contributed by atoms with Crippen molar-refractivity contribution in [2.75, 3.05) is 24.0 Å². The Morgan fingerprint density at radius 3 is 1.24 bits per heavy atom. The summed E-state index contributed by atoms with van der Waals surface area (Å²) in [6.07, 6.45) is 4.56. The van der Waals surface area contributed by atoms with Crippen LogP contribution in [0.2, 0.25) is 0 Å². The number of hydrogen-bond acceptors (Lipinski definition) is 8. The molecule has 2 amide bonds. The fourth-order valence-corrected chi connectivity index (χ4v) is 2.40. The first-order valence-corrected chi connectivity index (χ1v) is 9.88. The van der Waals surface area contributed by atoms with Crippen LogP contribution in [-0.2, 0) is 36.2 Å². The van der Waals surface area contributed by atoms with Crippen LogP contribution in [0.5, 0.6) is 0 Å².